The molecule has 0 amide bonds. The quantitative estimate of drug-likeness (QED) is 0.447. The Morgan fingerprint density at radius 3 is 2.11 bits per heavy atom. The van der Waals surface area contributed by atoms with Gasteiger partial charge in [0.25, 0.3) is 0 Å². The number of ketones is 1. The van der Waals surface area contributed by atoms with Gasteiger partial charge in [-0.3, -0.25) is 4.79 Å². The number of hydrogen-bond donors (Lipinski definition) is 0. The lowest BCUT2D eigenvalue weighted by Gasteiger charge is -2.09. The summed E-state index contributed by atoms with van der Waals surface area (Å²) in [6, 6.07) is 22.2. The normalized spacial score (nSPS) is 10.5. The van der Waals surface area contributed by atoms with Crippen molar-refractivity contribution in [3.05, 3.63) is 108 Å². The predicted molar refractivity (Wildman–Crippen MR) is 104 cm³/mol. The highest BCUT2D eigenvalue weighted by Gasteiger charge is 2.15. The molecule has 4 rings (SSSR count). The molecule has 0 spiro atoms. The molecule has 4 aromatic rings. The molecule has 5 heteroatoms. The molecule has 0 aliphatic heterocycles. The van der Waals surface area contributed by atoms with Gasteiger partial charge in [-0.2, -0.15) is 0 Å². The van der Waals surface area contributed by atoms with E-state index in [1.807, 2.05) is 18.2 Å². The number of ether oxygens (including phenoxy) is 1. The van der Waals surface area contributed by atoms with E-state index < -0.39 is 0 Å². The van der Waals surface area contributed by atoms with Gasteiger partial charge in [-0.25, -0.2) is 14.4 Å². The Labute approximate surface area is 161 Å². The molecule has 0 unspecified atom stereocenters. The fourth-order valence-electron chi connectivity index (χ4n) is 2.75. The van der Waals surface area contributed by atoms with Crippen LogP contribution >= 0.6 is 0 Å². The van der Waals surface area contributed by atoms with Crippen LogP contribution in [0.2, 0.25) is 0 Å². The van der Waals surface area contributed by atoms with Gasteiger partial charge >= 0.3 is 6.01 Å². The van der Waals surface area contributed by atoms with E-state index in [2.05, 4.69) is 9.97 Å². The van der Waals surface area contributed by atoms with Crippen LogP contribution in [0.15, 0.2) is 91.3 Å². The second kappa shape index (κ2) is 7.80. The van der Waals surface area contributed by atoms with Crippen molar-refractivity contribution in [3.8, 4) is 22.9 Å². The summed E-state index contributed by atoms with van der Waals surface area (Å²) < 4.78 is 18.8. The highest BCUT2D eigenvalue weighted by atomic mass is 19.1. The summed E-state index contributed by atoms with van der Waals surface area (Å²) in [7, 11) is 0. The van der Waals surface area contributed by atoms with Gasteiger partial charge in [0.1, 0.15) is 11.6 Å². The van der Waals surface area contributed by atoms with Crippen molar-refractivity contribution in [3.63, 3.8) is 0 Å². The van der Waals surface area contributed by atoms with Crippen molar-refractivity contribution in [1.29, 1.82) is 0 Å². The van der Waals surface area contributed by atoms with Crippen LogP contribution in [0.5, 0.6) is 11.8 Å². The SMILES string of the molecule is O=C(c1ccccc1)c1ccccc1Oc1ncc(-c2ccc(F)cc2)cn1. The average Bonchev–Trinajstić information content (AvgIpc) is 2.75. The molecule has 0 bridgehead atoms. The molecule has 28 heavy (non-hydrogen) atoms. The number of rotatable bonds is 5. The number of hydrogen-bond acceptors (Lipinski definition) is 4. The minimum atomic E-state index is -0.302. The van der Waals surface area contributed by atoms with Gasteiger partial charge in [0.05, 0.1) is 5.56 Å². The van der Waals surface area contributed by atoms with E-state index in [9.17, 15) is 9.18 Å². The molecule has 0 aliphatic rings. The first-order valence-electron chi connectivity index (χ1n) is 8.65. The number of nitrogens with zero attached hydrogens (tertiary/aromatic N) is 2. The maximum Gasteiger partial charge on any atom is 0.321 e. The van der Waals surface area contributed by atoms with Crippen LogP contribution in [0.3, 0.4) is 0 Å². The van der Waals surface area contributed by atoms with Gasteiger partial charge in [0.15, 0.2) is 5.78 Å². The Balaban J connectivity index is 1.58. The minimum Gasteiger partial charge on any atom is -0.424 e. The van der Waals surface area contributed by atoms with Gasteiger partial charge in [-0.1, -0.05) is 54.6 Å². The van der Waals surface area contributed by atoms with Gasteiger partial charge in [-0.05, 0) is 29.8 Å². The van der Waals surface area contributed by atoms with Crippen LogP contribution in [0.1, 0.15) is 15.9 Å². The standard InChI is InChI=1S/C23H15FN2O2/c24-19-12-10-16(11-13-19)18-14-25-23(26-15-18)28-21-9-5-4-8-20(21)22(27)17-6-2-1-3-7-17/h1-15H. The molecule has 136 valence electrons. The zero-order valence-electron chi connectivity index (χ0n) is 14.7. The third kappa shape index (κ3) is 3.78. The molecular weight excluding hydrogens is 355 g/mol. The van der Waals surface area contributed by atoms with E-state index >= 15 is 0 Å². The number of carbonyl (C=O) groups excluding carboxylic acids is 1. The van der Waals surface area contributed by atoms with E-state index in [1.54, 1.807) is 60.9 Å². The lowest BCUT2D eigenvalue weighted by Crippen LogP contribution is -2.04. The Kier molecular flexibility index (Phi) is 4.89. The van der Waals surface area contributed by atoms with Gasteiger partial charge < -0.3 is 4.74 Å². The van der Waals surface area contributed by atoms with Crippen molar-refractivity contribution in [1.82, 2.24) is 9.97 Å². The van der Waals surface area contributed by atoms with Crippen LogP contribution in [0, 0.1) is 5.82 Å². The van der Waals surface area contributed by atoms with Crippen molar-refractivity contribution < 1.29 is 13.9 Å². The Morgan fingerprint density at radius 1 is 0.750 bits per heavy atom. The molecule has 4 nitrogen and oxygen atoms in total. The number of para-hydroxylation sites is 1. The second-order valence-corrected chi connectivity index (χ2v) is 6.05. The van der Waals surface area contributed by atoms with Crippen LogP contribution in [-0.4, -0.2) is 15.8 Å². The largest absolute Gasteiger partial charge is 0.424 e. The molecule has 1 aromatic heterocycles. The molecule has 0 N–H and O–H groups in total. The zero-order valence-corrected chi connectivity index (χ0v) is 14.7. The average molecular weight is 370 g/mol. The van der Waals surface area contributed by atoms with Gasteiger partial charge in [0, 0.05) is 23.5 Å². The summed E-state index contributed by atoms with van der Waals surface area (Å²) in [5.74, 6) is -0.0608. The third-order valence-corrected chi connectivity index (χ3v) is 4.17. The Bertz CT molecular complexity index is 1100. The van der Waals surface area contributed by atoms with Crippen molar-refractivity contribution in [2.75, 3.05) is 0 Å². The molecule has 3 aromatic carbocycles. The molecule has 0 saturated carbocycles. The molecule has 0 aliphatic carbocycles. The summed E-state index contributed by atoms with van der Waals surface area (Å²) in [6.07, 6.45) is 3.19. The Hall–Kier alpha value is -3.86. The fraction of sp³-hybridized carbons (Fsp3) is 0. The highest BCUT2D eigenvalue weighted by Crippen LogP contribution is 2.26. The van der Waals surface area contributed by atoms with E-state index in [0.29, 0.717) is 16.9 Å². The van der Waals surface area contributed by atoms with E-state index in [0.717, 1.165) is 11.1 Å². The van der Waals surface area contributed by atoms with Crippen LogP contribution in [0.25, 0.3) is 11.1 Å². The molecule has 0 radical (unpaired) electrons. The summed E-state index contributed by atoms with van der Waals surface area (Å²) in [4.78, 5) is 21.2. The van der Waals surface area contributed by atoms with Crippen molar-refractivity contribution in [2.45, 2.75) is 0 Å². The Morgan fingerprint density at radius 2 is 1.39 bits per heavy atom. The lowest BCUT2D eigenvalue weighted by atomic mass is 10.0. The van der Waals surface area contributed by atoms with E-state index in [1.165, 1.54) is 12.1 Å². The topological polar surface area (TPSA) is 52.1 Å². The lowest BCUT2D eigenvalue weighted by molar-refractivity contribution is 0.103. The third-order valence-electron chi connectivity index (χ3n) is 4.17. The summed E-state index contributed by atoms with van der Waals surface area (Å²) in [5.41, 5.74) is 2.54. The first-order valence-corrected chi connectivity index (χ1v) is 8.65. The first kappa shape index (κ1) is 17.5. The molecule has 0 saturated heterocycles. The fourth-order valence-corrected chi connectivity index (χ4v) is 2.75. The van der Waals surface area contributed by atoms with Gasteiger partial charge in [0.2, 0.25) is 0 Å². The van der Waals surface area contributed by atoms with Crippen LogP contribution in [-0.2, 0) is 0 Å². The van der Waals surface area contributed by atoms with Crippen LogP contribution in [0.4, 0.5) is 4.39 Å². The second-order valence-electron chi connectivity index (χ2n) is 6.05. The summed E-state index contributed by atoms with van der Waals surface area (Å²) >= 11 is 0. The van der Waals surface area contributed by atoms with E-state index in [-0.39, 0.29) is 17.6 Å². The zero-order chi connectivity index (χ0) is 19.3. The smallest absolute Gasteiger partial charge is 0.321 e. The van der Waals surface area contributed by atoms with Crippen molar-refractivity contribution >= 4 is 5.78 Å². The number of benzene rings is 3. The molecule has 0 fully saturated rings. The summed E-state index contributed by atoms with van der Waals surface area (Å²) in [6.45, 7) is 0. The molecule has 1 heterocycles. The number of halogens is 1. The predicted octanol–water partition coefficient (Wildman–Crippen LogP) is 5.31. The molecule has 0 atom stereocenters. The van der Waals surface area contributed by atoms with Crippen LogP contribution < -0.4 is 4.74 Å². The van der Waals surface area contributed by atoms with E-state index in [4.69, 9.17) is 4.74 Å². The summed E-state index contributed by atoms with van der Waals surface area (Å²) in [5, 5.41) is 0. The maximum absolute atomic E-state index is 13.1. The highest BCUT2D eigenvalue weighted by molar-refractivity contribution is 6.10. The number of carbonyl (C=O) groups is 1. The molecular formula is C23H15FN2O2. The van der Waals surface area contributed by atoms with Gasteiger partial charge in [-0.15, -0.1) is 0 Å². The van der Waals surface area contributed by atoms with Crippen molar-refractivity contribution in [2.24, 2.45) is 0 Å². The number of aromatic nitrogens is 2. The first-order chi connectivity index (χ1) is 13.7. The minimum absolute atomic E-state index is 0.124. The maximum atomic E-state index is 13.1. The monoisotopic (exact) mass is 370 g/mol.